The van der Waals surface area contributed by atoms with Crippen LogP contribution in [0.3, 0.4) is 0 Å². The third-order valence-electron chi connectivity index (χ3n) is 10.0. The van der Waals surface area contributed by atoms with Crippen molar-refractivity contribution < 1.29 is 4.21 Å². The van der Waals surface area contributed by atoms with Crippen LogP contribution in [0.25, 0.3) is 73.2 Å². The van der Waals surface area contributed by atoms with Gasteiger partial charge in [-0.25, -0.2) is 14.2 Å². The molecule has 54 heavy (non-hydrogen) atoms. The molecule has 0 N–H and O–H groups in total. The van der Waals surface area contributed by atoms with Gasteiger partial charge in [0, 0.05) is 33.5 Å². The molecule has 9 aromatic rings. The zero-order chi connectivity index (χ0) is 36.1. The Kier molecular flexibility index (Phi) is 7.63. The number of rotatable bonds is 6. The second-order valence-electron chi connectivity index (χ2n) is 13.3. The van der Waals surface area contributed by atoms with E-state index in [4.69, 9.17) is 14.3 Å². The highest BCUT2D eigenvalue weighted by Gasteiger charge is 2.25. The number of para-hydroxylation sites is 1. The Morgan fingerprint density at radius 2 is 1.06 bits per heavy atom. The Hall–Kier alpha value is -6.89. The van der Waals surface area contributed by atoms with Crippen molar-refractivity contribution in [1.82, 2.24) is 14.5 Å². The molecule has 1 unspecified atom stereocenters. The lowest BCUT2D eigenvalue weighted by atomic mass is 9.99. The Morgan fingerprint density at radius 3 is 1.80 bits per heavy atom. The molecule has 1 atom stereocenters. The van der Waals surface area contributed by atoms with Gasteiger partial charge in [0.2, 0.25) is 0 Å². The van der Waals surface area contributed by atoms with Crippen molar-refractivity contribution in [3.05, 3.63) is 199 Å². The SMILES string of the molecule is O=S1(c2ccccc2)=NC(c2ccccc2)=Cc2cc(-c3ccc4c(c3)c3ccccc3n4-c3cc(-c4ccccc4)nc(-c4ccccc4)n3)ccc21. The monoisotopic (exact) mass is 712 g/mol. The van der Waals surface area contributed by atoms with Crippen molar-refractivity contribution in [3.63, 3.8) is 0 Å². The van der Waals surface area contributed by atoms with Crippen LogP contribution in [0.2, 0.25) is 0 Å². The summed E-state index contributed by atoms with van der Waals surface area (Å²) in [4.78, 5) is 11.6. The molecule has 256 valence electrons. The van der Waals surface area contributed by atoms with E-state index in [1.807, 2.05) is 103 Å². The first-order valence-electron chi connectivity index (χ1n) is 17.9. The van der Waals surface area contributed by atoms with E-state index in [9.17, 15) is 4.21 Å². The molecule has 7 aromatic carbocycles. The summed E-state index contributed by atoms with van der Waals surface area (Å²) < 4.78 is 22.1. The summed E-state index contributed by atoms with van der Waals surface area (Å²) in [6.07, 6.45) is 2.06. The molecule has 6 heteroatoms. The van der Waals surface area contributed by atoms with Gasteiger partial charge in [-0.05, 0) is 65.2 Å². The smallest absolute Gasteiger partial charge is 0.162 e. The molecule has 0 radical (unpaired) electrons. The van der Waals surface area contributed by atoms with E-state index >= 15 is 0 Å². The summed E-state index contributed by atoms with van der Waals surface area (Å²) in [6, 6.07) is 63.4. The van der Waals surface area contributed by atoms with Crippen LogP contribution in [0, 0.1) is 0 Å². The summed E-state index contributed by atoms with van der Waals surface area (Å²) in [5.41, 5.74) is 9.60. The maximum atomic E-state index is 14.9. The maximum absolute atomic E-state index is 14.9. The van der Waals surface area contributed by atoms with Gasteiger partial charge in [-0.15, -0.1) is 0 Å². The average Bonchev–Trinajstić information content (AvgIpc) is 3.58. The predicted octanol–water partition coefficient (Wildman–Crippen LogP) is 12.0. The van der Waals surface area contributed by atoms with Crippen molar-refractivity contribution in [1.29, 1.82) is 0 Å². The molecular weight excluding hydrogens is 681 g/mol. The van der Waals surface area contributed by atoms with Crippen molar-refractivity contribution >= 4 is 43.3 Å². The number of fused-ring (bicyclic) bond motifs is 4. The zero-order valence-electron chi connectivity index (χ0n) is 29.1. The second-order valence-corrected chi connectivity index (χ2v) is 15.5. The third-order valence-corrected chi connectivity index (χ3v) is 12.3. The highest BCUT2D eigenvalue weighted by Crippen LogP contribution is 2.40. The van der Waals surface area contributed by atoms with E-state index in [-0.39, 0.29) is 0 Å². The maximum Gasteiger partial charge on any atom is 0.162 e. The summed E-state index contributed by atoms with van der Waals surface area (Å²) in [6.45, 7) is 0. The van der Waals surface area contributed by atoms with Gasteiger partial charge in [-0.2, -0.15) is 4.36 Å². The van der Waals surface area contributed by atoms with Crippen LogP contribution in [-0.2, 0) is 9.73 Å². The van der Waals surface area contributed by atoms with Gasteiger partial charge in [0.15, 0.2) is 5.82 Å². The Balaban J connectivity index is 1.15. The van der Waals surface area contributed by atoms with Crippen molar-refractivity contribution in [2.45, 2.75) is 9.79 Å². The fourth-order valence-corrected chi connectivity index (χ4v) is 9.51. The molecule has 0 amide bonds. The first-order chi connectivity index (χ1) is 26.6. The van der Waals surface area contributed by atoms with E-state index in [0.29, 0.717) is 16.4 Å². The minimum Gasteiger partial charge on any atom is -0.294 e. The average molecular weight is 713 g/mol. The highest BCUT2D eigenvalue weighted by molar-refractivity contribution is 7.94. The third kappa shape index (κ3) is 5.43. The summed E-state index contributed by atoms with van der Waals surface area (Å²) in [5, 5.41) is 2.25. The van der Waals surface area contributed by atoms with Gasteiger partial charge in [0.25, 0.3) is 0 Å². The van der Waals surface area contributed by atoms with Crippen LogP contribution in [0.4, 0.5) is 0 Å². The van der Waals surface area contributed by atoms with Gasteiger partial charge in [0.1, 0.15) is 15.5 Å². The van der Waals surface area contributed by atoms with Gasteiger partial charge in [-0.1, -0.05) is 140 Å². The predicted molar refractivity (Wildman–Crippen MR) is 221 cm³/mol. The first kappa shape index (κ1) is 31.8. The quantitative estimate of drug-likeness (QED) is 0.172. The number of aromatic nitrogens is 3. The van der Waals surface area contributed by atoms with E-state index in [0.717, 1.165) is 71.6 Å². The largest absolute Gasteiger partial charge is 0.294 e. The molecule has 0 bridgehead atoms. The molecule has 0 saturated heterocycles. The minimum absolute atomic E-state index is 0.672. The lowest BCUT2D eigenvalue weighted by Crippen LogP contribution is -2.08. The van der Waals surface area contributed by atoms with Gasteiger partial charge < -0.3 is 0 Å². The van der Waals surface area contributed by atoms with Crippen LogP contribution >= 0.6 is 0 Å². The fourth-order valence-electron chi connectivity index (χ4n) is 7.41. The molecule has 0 saturated carbocycles. The number of nitrogens with zero attached hydrogens (tertiary/aromatic N) is 4. The molecule has 0 fully saturated rings. The number of hydrogen-bond acceptors (Lipinski definition) is 4. The van der Waals surface area contributed by atoms with Gasteiger partial charge >= 0.3 is 0 Å². The van der Waals surface area contributed by atoms with E-state index in [1.54, 1.807) is 0 Å². The Morgan fingerprint density at radius 1 is 0.463 bits per heavy atom. The number of benzene rings is 7. The normalized spacial score (nSPS) is 15.1. The van der Waals surface area contributed by atoms with Crippen LogP contribution in [0.1, 0.15) is 11.1 Å². The van der Waals surface area contributed by atoms with Crippen LogP contribution in [0.15, 0.2) is 202 Å². The minimum atomic E-state index is -2.92. The highest BCUT2D eigenvalue weighted by atomic mass is 32.2. The van der Waals surface area contributed by atoms with Crippen LogP contribution < -0.4 is 0 Å². The molecule has 1 aliphatic rings. The number of hydrogen-bond donors (Lipinski definition) is 0. The summed E-state index contributed by atoms with van der Waals surface area (Å²) in [5.74, 6) is 1.47. The second kappa shape index (κ2) is 13.0. The van der Waals surface area contributed by atoms with Crippen LogP contribution in [0.5, 0.6) is 0 Å². The molecule has 3 heterocycles. The Bertz CT molecular complexity index is 2960. The first-order valence-corrected chi connectivity index (χ1v) is 19.4. The van der Waals surface area contributed by atoms with E-state index < -0.39 is 9.73 Å². The van der Waals surface area contributed by atoms with Crippen molar-refractivity contribution in [2.24, 2.45) is 4.36 Å². The van der Waals surface area contributed by atoms with E-state index in [2.05, 4.69) is 95.6 Å². The van der Waals surface area contributed by atoms with Crippen molar-refractivity contribution in [2.75, 3.05) is 0 Å². The van der Waals surface area contributed by atoms with Gasteiger partial charge in [0.05, 0.1) is 32.2 Å². The molecule has 1 aliphatic heterocycles. The molecule has 0 spiro atoms. The molecule has 0 aliphatic carbocycles. The molecule has 2 aromatic heterocycles. The van der Waals surface area contributed by atoms with E-state index in [1.165, 1.54) is 0 Å². The lowest BCUT2D eigenvalue weighted by Gasteiger charge is -2.20. The standard InChI is InChI=1S/C48H32N4OS/c53-54(39-21-11-4-12-22-39)46-28-26-36(29-38(46)31-43(51-54)34-17-7-2-8-18-34)37-25-27-45-41(30-37)40-23-13-14-24-44(40)52(45)47-32-42(33-15-5-1-6-16-33)49-48(50-47)35-19-9-3-10-20-35/h1-32H. The Labute approximate surface area is 313 Å². The zero-order valence-corrected chi connectivity index (χ0v) is 29.9. The topological polar surface area (TPSA) is 60.1 Å². The van der Waals surface area contributed by atoms with Gasteiger partial charge in [-0.3, -0.25) is 4.57 Å². The summed E-state index contributed by atoms with van der Waals surface area (Å²) in [7, 11) is -2.92. The molecule has 5 nitrogen and oxygen atoms in total. The molecule has 10 rings (SSSR count). The lowest BCUT2D eigenvalue weighted by molar-refractivity contribution is 0.676. The van der Waals surface area contributed by atoms with Crippen LogP contribution in [-0.4, -0.2) is 18.7 Å². The molecular formula is C48H32N4OS. The fraction of sp³-hybridized carbons (Fsp3) is 0. The van der Waals surface area contributed by atoms with Crippen molar-refractivity contribution in [3.8, 4) is 39.6 Å². The summed E-state index contributed by atoms with van der Waals surface area (Å²) >= 11 is 0.